The number of hydrogen-bond donors (Lipinski definition) is 0. The van der Waals surface area contributed by atoms with Crippen LogP contribution in [0.4, 0.5) is 0 Å². The Morgan fingerprint density at radius 2 is 2.06 bits per heavy atom. The molecule has 88 valence electrons. The zero-order valence-corrected chi connectivity index (χ0v) is 10.5. The lowest BCUT2D eigenvalue weighted by Crippen LogP contribution is -2.29. The van der Waals surface area contributed by atoms with Crippen LogP contribution >= 0.6 is 0 Å². The quantitative estimate of drug-likeness (QED) is 0.541. The lowest BCUT2D eigenvalue weighted by Gasteiger charge is -2.35. The van der Waals surface area contributed by atoms with Gasteiger partial charge in [-0.1, -0.05) is 25.5 Å². The largest absolute Gasteiger partial charge is 0.303 e. The van der Waals surface area contributed by atoms with Crippen molar-refractivity contribution in [2.45, 2.75) is 40.5 Å². The molecule has 0 saturated heterocycles. The van der Waals surface area contributed by atoms with Crippen molar-refractivity contribution in [1.29, 1.82) is 0 Å². The van der Waals surface area contributed by atoms with Crippen molar-refractivity contribution in [1.82, 2.24) is 0 Å². The van der Waals surface area contributed by atoms with Gasteiger partial charge in [-0.2, -0.15) is 0 Å². The monoisotopic (exact) mass is 220 g/mol. The summed E-state index contributed by atoms with van der Waals surface area (Å²) in [6, 6.07) is 0. The highest BCUT2D eigenvalue weighted by atomic mass is 16.1. The molecule has 1 atom stereocenters. The van der Waals surface area contributed by atoms with Gasteiger partial charge in [-0.3, -0.25) is 4.79 Å². The smallest absolute Gasteiger partial charge is 0.181 e. The Morgan fingerprint density at radius 1 is 1.44 bits per heavy atom. The van der Waals surface area contributed by atoms with Crippen molar-refractivity contribution >= 4 is 12.1 Å². The standard InChI is InChI=1S/C14H20O2/c1-5-6-12(16)13-10(2)11(9-15)7-8-14(13,3)4/h5-6,9,11H,7-8H2,1-4H3/b6-5+. The van der Waals surface area contributed by atoms with Gasteiger partial charge in [0.25, 0.3) is 0 Å². The summed E-state index contributed by atoms with van der Waals surface area (Å²) >= 11 is 0. The third kappa shape index (κ3) is 2.31. The molecule has 0 bridgehead atoms. The topological polar surface area (TPSA) is 34.1 Å². The van der Waals surface area contributed by atoms with Gasteiger partial charge in [-0.15, -0.1) is 0 Å². The Balaban J connectivity index is 3.23. The SMILES string of the molecule is C/C=C/C(=O)C1=C(C)C(C=O)CCC1(C)C. The molecule has 0 aliphatic heterocycles. The second kappa shape index (κ2) is 4.77. The van der Waals surface area contributed by atoms with E-state index in [-0.39, 0.29) is 17.1 Å². The van der Waals surface area contributed by atoms with E-state index in [1.807, 2.05) is 13.8 Å². The molecule has 0 aromatic rings. The summed E-state index contributed by atoms with van der Waals surface area (Å²) in [5.74, 6) is -0.0196. The average molecular weight is 220 g/mol. The van der Waals surface area contributed by atoms with E-state index in [1.54, 1.807) is 12.2 Å². The number of rotatable bonds is 3. The molecule has 0 spiro atoms. The van der Waals surface area contributed by atoms with Gasteiger partial charge in [-0.25, -0.2) is 0 Å². The fourth-order valence-corrected chi connectivity index (χ4v) is 2.51. The van der Waals surface area contributed by atoms with Crippen LogP contribution in [0.1, 0.15) is 40.5 Å². The van der Waals surface area contributed by atoms with E-state index in [4.69, 9.17) is 0 Å². The van der Waals surface area contributed by atoms with Gasteiger partial charge in [0.15, 0.2) is 5.78 Å². The third-order valence-electron chi connectivity index (χ3n) is 3.44. The molecule has 0 fully saturated rings. The first-order valence-corrected chi connectivity index (χ1v) is 5.77. The van der Waals surface area contributed by atoms with Crippen LogP contribution in [-0.2, 0) is 9.59 Å². The normalized spacial score (nSPS) is 24.9. The molecule has 0 radical (unpaired) electrons. The van der Waals surface area contributed by atoms with Crippen LogP contribution in [0, 0.1) is 11.3 Å². The van der Waals surface area contributed by atoms with Crippen LogP contribution in [0.5, 0.6) is 0 Å². The van der Waals surface area contributed by atoms with Crippen molar-refractivity contribution in [3.05, 3.63) is 23.3 Å². The number of hydrogen-bond acceptors (Lipinski definition) is 2. The molecule has 0 N–H and O–H groups in total. The zero-order valence-electron chi connectivity index (χ0n) is 10.5. The number of aldehydes is 1. The predicted octanol–water partition coefficient (Wildman–Crippen LogP) is 3.08. The maximum Gasteiger partial charge on any atom is 0.181 e. The summed E-state index contributed by atoms with van der Waals surface area (Å²) in [5, 5.41) is 0. The first-order chi connectivity index (χ1) is 7.44. The Kier molecular flexibility index (Phi) is 3.84. The van der Waals surface area contributed by atoms with Crippen molar-refractivity contribution in [2.24, 2.45) is 11.3 Å². The van der Waals surface area contributed by atoms with Crippen LogP contribution < -0.4 is 0 Å². The fourth-order valence-electron chi connectivity index (χ4n) is 2.51. The van der Waals surface area contributed by atoms with Gasteiger partial charge >= 0.3 is 0 Å². The Bertz CT molecular complexity index is 359. The number of allylic oxidation sites excluding steroid dienone is 4. The number of ketones is 1. The van der Waals surface area contributed by atoms with Crippen LogP contribution in [0.2, 0.25) is 0 Å². The second-order valence-electron chi connectivity index (χ2n) is 5.09. The van der Waals surface area contributed by atoms with Gasteiger partial charge in [0.1, 0.15) is 6.29 Å². The van der Waals surface area contributed by atoms with E-state index in [1.165, 1.54) is 0 Å². The van der Waals surface area contributed by atoms with E-state index in [0.29, 0.717) is 0 Å². The molecule has 1 unspecified atom stereocenters. The van der Waals surface area contributed by atoms with Gasteiger partial charge < -0.3 is 4.79 Å². The van der Waals surface area contributed by atoms with Gasteiger partial charge in [-0.05, 0) is 38.2 Å². The molecule has 0 aromatic heterocycles. The summed E-state index contributed by atoms with van der Waals surface area (Å²) in [6.45, 7) is 7.90. The van der Waals surface area contributed by atoms with E-state index >= 15 is 0 Å². The second-order valence-corrected chi connectivity index (χ2v) is 5.09. The summed E-state index contributed by atoms with van der Waals surface area (Å²) in [7, 11) is 0. The Morgan fingerprint density at radius 3 is 2.56 bits per heavy atom. The van der Waals surface area contributed by atoms with Crippen molar-refractivity contribution in [3.8, 4) is 0 Å². The van der Waals surface area contributed by atoms with Crippen LogP contribution in [0.3, 0.4) is 0 Å². The lowest BCUT2D eigenvalue weighted by molar-refractivity contribution is -0.112. The fraction of sp³-hybridized carbons (Fsp3) is 0.571. The van der Waals surface area contributed by atoms with E-state index in [0.717, 1.165) is 30.3 Å². The van der Waals surface area contributed by atoms with Gasteiger partial charge in [0.2, 0.25) is 0 Å². The zero-order chi connectivity index (χ0) is 12.3. The molecule has 0 heterocycles. The van der Waals surface area contributed by atoms with Gasteiger partial charge in [0, 0.05) is 11.5 Å². The summed E-state index contributed by atoms with van der Waals surface area (Å²) in [6.07, 6.45) is 6.06. The molecule has 1 aliphatic rings. The van der Waals surface area contributed by atoms with E-state index in [9.17, 15) is 9.59 Å². The minimum absolute atomic E-state index is 0.0524. The number of carbonyl (C=O) groups is 2. The molecular weight excluding hydrogens is 200 g/mol. The van der Waals surface area contributed by atoms with Crippen molar-refractivity contribution in [2.75, 3.05) is 0 Å². The summed E-state index contributed by atoms with van der Waals surface area (Å²) < 4.78 is 0. The van der Waals surface area contributed by atoms with Crippen LogP contribution in [0.15, 0.2) is 23.3 Å². The minimum atomic E-state index is -0.111. The molecule has 2 nitrogen and oxygen atoms in total. The molecule has 0 aromatic carbocycles. The third-order valence-corrected chi connectivity index (χ3v) is 3.44. The molecule has 1 rings (SSSR count). The molecule has 0 amide bonds. The molecule has 16 heavy (non-hydrogen) atoms. The molecule has 1 aliphatic carbocycles. The first kappa shape index (κ1) is 12.9. The minimum Gasteiger partial charge on any atom is -0.303 e. The lowest BCUT2D eigenvalue weighted by atomic mass is 9.68. The highest BCUT2D eigenvalue weighted by molar-refractivity contribution is 6.05. The number of carbonyl (C=O) groups excluding carboxylic acids is 2. The Labute approximate surface area is 97.4 Å². The van der Waals surface area contributed by atoms with E-state index in [2.05, 4.69) is 13.8 Å². The highest BCUT2D eigenvalue weighted by Crippen LogP contribution is 2.42. The predicted molar refractivity (Wildman–Crippen MR) is 65.1 cm³/mol. The van der Waals surface area contributed by atoms with Crippen molar-refractivity contribution in [3.63, 3.8) is 0 Å². The average Bonchev–Trinajstić information content (AvgIpc) is 2.17. The van der Waals surface area contributed by atoms with Crippen LogP contribution in [0.25, 0.3) is 0 Å². The molecular formula is C14H20O2. The molecule has 2 heteroatoms. The molecule has 0 saturated carbocycles. The highest BCUT2D eigenvalue weighted by Gasteiger charge is 2.35. The van der Waals surface area contributed by atoms with Crippen LogP contribution in [-0.4, -0.2) is 12.1 Å². The van der Waals surface area contributed by atoms with Crippen molar-refractivity contribution < 1.29 is 9.59 Å². The van der Waals surface area contributed by atoms with Gasteiger partial charge in [0.05, 0.1) is 0 Å². The van der Waals surface area contributed by atoms with E-state index < -0.39 is 0 Å². The first-order valence-electron chi connectivity index (χ1n) is 5.77. The Hall–Kier alpha value is -1.18. The summed E-state index contributed by atoms with van der Waals surface area (Å²) in [4.78, 5) is 23.0. The summed E-state index contributed by atoms with van der Waals surface area (Å²) in [5.41, 5.74) is 1.67. The maximum atomic E-state index is 12.0. The maximum absolute atomic E-state index is 12.0.